The molecule has 0 saturated heterocycles. The maximum absolute atomic E-state index is 14.4. The fourth-order valence-electron chi connectivity index (χ4n) is 11.5. The zero-order valence-corrected chi connectivity index (χ0v) is 46.6. The van der Waals surface area contributed by atoms with Crippen molar-refractivity contribution in [1.29, 1.82) is 0 Å². The highest BCUT2D eigenvalue weighted by molar-refractivity contribution is 6.05. The highest BCUT2D eigenvalue weighted by Gasteiger charge is 2.46. The van der Waals surface area contributed by atoms with Gasteiger partial charge in [0.2, 0.25) is 17.7 Å². The summed E-state index contributed by atoms with van der Waals surface area (Å²) in [6, 6.07) is 12.9. The number of fused-ring (bicyclic) bond motifs is 2. The Balaban J connectivity index is 0.000000255. The number of alkyl carbamates (subject to hydrolysis) is 1. The lowest BCUT2D eigenvalue weighted by Gasteiger charge is -2.40. The monoisotopic (exact) mass is 1100 g/mol. The first-order valence-electron chi connectivity index (χ1n) is 27.6. The molecule has 3 aromatic carbocycles. The second-order valence-electron chi connectivity index (χ2n) is 23.0. The van der Waals surface area contributed by atoms with Crippen LogP contribution in [0.3, 0.4) is 0 Å². The largest absolute Gasteiger partial charge is 0.445 e. The first kappa shape index (κ1) is 61.1. The van der Waals surface area contributed by atoms with E-state index in [4.69, 9.17) is 4.74 Å². The smallest absolute Gasteiger partial charge is 0.417 e. The SMILES string of the molecule is CC(C)N(C(=O)c1cc2c(cc1C(F)(F)F)CC(C)(C)C(=O)N2CCNC(=O)OCc1ccccc1)C1CCCCC1.CCC(=O)NCCN1C(=O)C(C)(C)Cc2cc(C(F)(F)F)c(C(=O)N(C(C)C)C3CCCCC3)cc21. The molecule has 0 atom stereocenters. The van der Waals surface area contributed by atoms with Gasteiger partial charge in [-0.25, -0.2) is 4.79 Å². The third-order valence-corrected chi connectivity index (χ3v) is 15.3. The van der Waals surface area contributed by atoms with Crippen molar-refractivity contribution in [2.75, 3.05) is 36.0 Å². The van der Waals surface area contributed by atoms with Crippen molar-refractivity contribution in [3.8, 4) is 0 Å². The number of carbonyl (C=O) groups excluding carboxylic acids is 6. The van der Waals surface area contributed by atoms with E-state index >= 15 is 0 Å². The Hall–Kier alpha value is -6.14. The molecule has 2 fully saturated rings. The highest BCUT2D eigenvalue weighted by atomic mass is 19.4. The molecule has 13 nitrogen and oxygen atoms in total. The zero-order valence-electron chi connectivity index (χ0n) is 46.6. The van der Waals surface area contributed by atoms with Crippen molar-refractivity contribution in [2.45, 2.75) is 189 Å². The van der Waals surface area contributed by atoms with Gasteiger partial charge in [0.25, 0.3) is 11.8 Å². The van der Waals surface area contributed by atoms with Crippen molar-refractivity contribution in [3.63, 3.8) is 0 Å². The molecule has 19 heteroatoms. The van der Waals surface area contributed by atoms with Gasteiger partial charge < -0.3 is 35.0 Å². The maximum atomic E-state index is 14.4. The number of ether oxygens (including phenoxy) is 1. The normalized spacial score (nSPS) is 17.7. The van der Waals surface area contributed by atoms with Crippen molar-refractivity contribution < 1.29 is 59.8 Å². The average molecular weight is 1100 g/mol. The zero-order chi connectivity index (χ0) is 57.5. The molecule has 7 rings (SSSR count). The lowest BCUT2D eigenvalue weighted by molar-refractivity contribution is -0.139. The van der Waals surface area contributed by atoms with E-state index < -0.39 is 63.3 Å². The molecule has 4 aliphatic rings. The van der Waals surface area contributed by atoms with Crippen molar-refractivity contribution >= 4 is 47.0 Å². The number of alkyl halides is 6. The number of hydrogen-bond donors (Lipinski definition) is 2. The number of halogens is 6. The van der Waals surface area contributed by atoms with Gasteiger partial charge in [0, 0.05) is 79.0 Å². The minimum absolute atomic E-state index is 0.00517. The molecular weight excluding hydrogens is 1020 g/mol. The average Bonchev–Trinajstić information content (AvgIpc) is 3.53. The first-order chi connectivity index (χ1) is 36.6. The Labute approximate surface area is 455 Å². The van der Waals surface area contributed by atoms with E-state index in [1.54, 1.807) is 44.4 Å². The summed E-state index contributed by atoms with van der Waals surface area (Å²) >= 11 is 0. The van der Waals surface area contributed by atoms with Crippen molar-refractivity contribution in [1.82, 2.24) is 20.4 Å². The lowest BCUT2D eigenvalue weighted by Crippen LogP contribution is -2.49. The summed E-state index contributed by atoms with van der Waals surface area (Å²) in [6.07, 6.45) is -0.750. The molecule has 2 saturated carbocycles. The molecule has 6 amide bonds. The molecule has 0 unspecified atom stereocenters. The van der Waals surface area contributed by atoms with Crippen LogP contribution < -0.4 is 20.4 Å². The predicted octanol–water partition coefficient (Wildman–Crippen LogP) is 12.1. The van der Waals surface area contributed by atoms with Gasteiger partial charge in [0.05, 0.1) is 22.3 Å². The van der Waals surface area contributed by atoms with Crippen molar-refractivity contribution in [3.05, 3.63) is 93.5 Å². The standard InChI is InChI=1S/C32H40F3N3O4.C27H38F3N3O3/c1-21(2)38(24-13-9-6-10-14-24)28(39)25-18-27-23(17-26(25)32(33,34)35)19-31(3,4)29(40)37(27)16-15-36-30(41)42-20-22-11-7-5-8-12-22;1-6-23(34)31-12-13-32-22-15-20(24(35)33(17(2)3)19-10-8-7-9-11-19)21(27(28,29)30)14-18(22)16-26(4,5)25(32)36/h5,7-8,11-12,17-18,21,24H,6,9-10,13-16,19-20H2,1-4H3,(H,36,41);14-15,17,19H,6-13,16H2,1-5H3,(H,31,34). The first-order valence-corrected chi connectivity index (χ1v) is 27.6. The number of rotatable bonds is 15. The third kappa shape index (κ3) is 14.6. The van der Waals surface area contributed by atoms with E-state index in [9.17, 15) is 55.1 Å². The van der Waals surface area contributed by atoms with E-state index in [0.717, 1.165) is 81.9 Å². The second-order valence-corrected chi connectivity index (χ2v) is 23.0. The molecule has 0 bridgehead atoms. The van der Waals surface area contributed by atoms with E-state index in [0.29, 0.717) is 16.8 Å². The van der Waals surface area contributed by atoms with Crippen molar-refractivity contribution in [2.24, 2.45) is 10.8 Å². The van der Waals surface area contributed by atoms with Crippen LogP contribution in [0.15, 0.2) is 54.6 Å². The molecule has 2 aliphatic carbocycles. The number of hydrogen-bond acceptors (Lipinski definition) is 7. The Morgan fingerprint density at radius 3 is 1.40 bits per heavy atom. The van der Waals surface area contributed by atoms with Gasteiger partial charge in [0.1, 0.15) is 6.61 Å². The maximum Gasteiger partial charge on any atom is 0.417 e. The summed E-state index contributed by atoms with van der Waals surface area (Å²) in [5.74, 6) is -2.04. The van der Waals surface area contributed by atoms with Crippen LogP contribution in [0.2, 0.25) is 0 Å². The van der Waals surface area contributed by atoms with E-state index in [2.05, 4.69) is 10.6 Å². The van der Waals surface area contributed by atoms with Crippen LogP contribution >= 0.6 is 0 Å². The van der Waals surface area contributed by atoms with Gasteiger partial charge in [-0.15, -0.1) is 0 Å². The van der Waals surface area contributed by atoms with Gasteiger partial charge in [0.15, 0.2) is 0 Å². The number of nitrogens with one attached hydrogen (secondary N) is 2. The summed E-state index contributed by atoms with van der Waals surface area (Å²) in [6.45, 7) is 16.1. The Kier molecular flexibility index (Phi) is 19.8. The fourth-order valence-corrected chi connectivity index (χ4v) is 11.5. The second kappa shape index (κ2) is 25.3. The molecule has 3 aromatic rings. The van der Waals surface area contributed by atoms with Gasteiger partial charge in [-0.2, -0.15) is 26.3 Å². The molecule has 428 valence electrons. The molecule has 0 radical (unpaired) electrons. The van der Waals surface area contributed by atoms with Gasteiger partial charge in [-0.05, 0) is 107 Å². The molecule has 2 N–H and O–H groups in total. The summed E-state index contributed by atoms with van der Waals surface area (Å²) < 4.78 is 91.4. The number of anilines is 2. The number of benzene rings is 3. The molecule has 0 spiro atoms. The number of carbonyl (C=O) groups is 6. The Bertz CT molecular complexity index is 2640. The number of nitrogens with zero attached hydrogens (tertiary/aromatic N) is 4. The van der Waals surface area contributed by atoms with Crippen LogP contribution in [0.25, 0.3) is 0 Å². The minimum atomic E-state index is -4.75. The predicted molar refractivity (Wildman–Crippen MR) is 287 cm³/mol. The van der Waals surface area contributed by atoms with Gasteiger partial charge >= 0.3 is 18.4 Å². The summed E-state index contributed by atoms with van der Waals surface area (Å²) in [5, 5.41) is 5.34. The van der Waals surface area contributed by atoms with E-state index in [-0.39, 0.29) is 99.6 Å². The van der Waals surface area contributed by atoms with Crippen LogP contribution in [0, 0.1) is 10.8 Å². The van der Waals surface area contributed by atoms with E-state index in [1.807, 2.05) is 58.0 Å². The third-order valence-electron chi connectivity index (χ3n) is 15.3. The molecule has 2 heterocycles. The molecule has 0 aromatic heterocycles. The fraction of sp³-hybridized carbons (Fsp3) is 0.593. The molecule has 2 aliphatic heterocycles. The molecule has 78 heavy (non-hydrogen) atoms. The number of amides is 6. The van der Waals surface area contributed by atoms with Crippen LogP contribution in [0.1, 0.15) is 181 Å². The van der Waals surface area contributed by atoms with Crippen LogP contribution in [0.4, 0.5) is 42.5 Å². The summed E-state index contributed by atoms with van der Waals surface area (Å²) in [4.78, 5) is 84.4. The van der Waals surface area contributed by atoms with Gasteiger partial charge in [-0.1, -0.05) is 103 Å². The van der Waals surface area contributed by atoms with Crippen LogP contribution in [0.5, 0.6) is 0 Å². The lowest BCUT2D eigenvalue weighted by atomic mass is 9.79. The molecular formula is C59H78F6N6O7. The highest BCUT2D eigenvalue weighted by Crippen LogP contribution is 2.45. The minimum Gasteiger partial charge on any atom is -0.445 e. The quantitative estimate of drug-likeness (QED) is 0.144. The topological polar surface area (TPSA) is 149 Å². The van der Waals surface area contributed by atoms with Gasteiger partial charge in [-0.3, -0.25) is 24.0 Å². The Morgan fingerprint density at radius 1 is 0.628 bits per heavy atom. The van der Waals surface area contributed by atoms with E-state index in [1.165, 1.54) is 21.9 Å². The summed E-state index contributed by atoms with van der Waals surface area (Å²) in [5.41, 5.74) is -2.60. The Morgan fingerprint density at radius 2 is 1.03 bits per heavy atom. The summed E-state index contributed by atoms with van der Waals surface area (Å²) in [7, 11) is 0. The van der Waals surface area contributed by atoms with Crippen LogP contribution in [-0.4, -0.2) is 95.8 Å². The van der Waals surface area contributed by atoms with Crippen LogP contribution in [-0.2, 0) is 50.9 Å².